The average molecular weight is 404 g/mol. The summed E-state index contributed by atoms with van der Waals surface area (Å²) in [4.78, 5) is 7.86. The number of sulfonamides is 1. The molecule has 0 atom stereocenters. The van der Waals surface area contributed by atoms with E-state index in [1.54, 1.807) is 0 Å². The summed E-state index contributed by atoms with van der Waals surface area (Å²) in [5.41, 5.74) is 0.696. The number of primary sulfonamides is 1. The lowest BCUT2D eigenvalue weighted by Gasteiger charge is -2.25. The fourth-order valence-electron chi connectivity index (χ4n) is 2.53. The number of alkyl halides is 3. The summed E-state index contributed by atoms with van der Waals surface area (Å²) in [6.45, 7) is 3.02. The summed E-state index contributed by atoms with van der Waals surface area (Å²) >= 11 is 0. The summed E-state index contributed by atoms with van der Waals surface area (Å²) in [7, 11) is -4.40. The van der Waals surface area contributed by atoms with Crippen LogP contribution in [0.4, 0.5) is 22.0 Å². The summed E-state index contributed by atoms with van der Waals surface area (Å²) in [5, 5.41) is 15.1. The first kappa shape index (κ1) is 22.3. The predicted octanol–water partition coefficient (Wildman–Crippen LogP) is 2.02. The molecule has 0 radical (unpaired) electrons. The first-order valence-electron chi connectivity index (χ1n) is 7.29. The van der Waals surface area contributed by atoms with Crippen LogP contribution in [0.3, 0.4) is 0 Å². The second-order valence-corrected chi connectivity index (χ2v) is 7.09. The van der Waals surface area contributed by atoms with E-state index in [0.717, 1.165) is 32.0 Å². The lowest BCUT2D eigenvalue weighted by Crippen LogP contribution is -2.27. The molecule has 1 saturated heterocycles. The van der Waals surface area contributed by atoms with Gasteiger partial charge in [-0.2, -0.15) is 13.2 Å². The fraction of sp³-hybridized carbons (Fsp3) is 0.500. The van der Waals surface area contributed by atoms with E-state index in [0.29, 0.717) is 5.56 Å². The third-order valence-corrected chi connectivity index (χ3v) is 4.71. The van der Waals surface area contributed by atoms with Gasteiger partial charge in [0.1, 0.15) is 11.6 Å². The minimum absolute atomic E-state index is 0.0415. The van der Waals surface area contributed by atoms with Crippen molar-refractivity contribution in [1.29, 1.82) is 0 Å². The van der Waals surface area contributed by atoms with Gasteiger partial charge >= 0.3 is 12.1 Å². The molecule has 4 N–H and O–H groups in total. The summed E-state index contributed by atoms with van der Waals surface area (Å²) in [6.07, 6.45) is -3.54. The number of nitrogens with two attached hydrogens (primary N) is 1. The van der Waals surface area contributed by atoms with E-state index in [4.69, 9.17) is 15.0 Å². The molecule has 1 aromatic carbocycles. The van der Waals surface area contributed by atoms with E-state index in [2.05, 4.69) is 5.32 Å². The van der Waals surface area contributed by atoms with Gasteiger partial charge in [-0.15, -0.1) is 0 Å². The van der Waals surface area contributed by atoms with Crippen molar-refractivity contribution in [3.8, 4) is 0 Å². The van der Waals surface area contributed by atoms with Crippen LogP contribution in [0.25, 0.3) is 0 Å². The molecule has 0 unspecified atom stereocenters. The number of carboxylic acid groups (broad SMARTS) is 1. The first-order chi connectivity index (χ1) is 11.8. The zero-order valence-corrected chi connectivity index (χ0v) is 14.3. The van der Waals surface area contributed by atoms with Crippen molar-refractivity contribution in [2.24, 2.45) is 5.14 Å². The number of aliphatic carboxylic acids is 1. The Bertz CT molecular complexity index is 775. The highest BCUT2D eigenvalue weighted by molar-refractivity contribution is 7.89. The molecule has 1 aromatic rings. The molecule has 1 aliphatic heterocycles. The van der Waals surface area contributed by atoms with Crippen LogP contribution in [0.1, 0.15) is 29.9 Å². The highest BCUT2D eigenvalue weighted by atomic mass is 32.2. The molecule has 1 fully saturated rings. The minimum Gasteiger partial charge on any atom is -0.475 e. The summed E-state index contributed by atoms with van der Waals surface area (Å²) < 4.78 is 82.0. The number of piperidine rings is 1. The molecule has 0 spiro atoms. The van der Waals surface area contributed by atoms with Gasteiger partial charge in [-0.1, -0.05) is 0 Å². The van der Waals surface area contributed by atoms with Crippen molar-refractivity contribution in [3.63, 3.8) is 0 Å². The Balaban J connectivity index is 0.000000412. The van der Waals surface area contributed by atoms with Gasteiger partial charge in [0.15, 0.2) is 4.90 Å². The SMILES string of the molecule is Cc1c(C2CCNCC2)cc(F)c(S(N)(=O)=O)c1F.O=C(O)C(F)(F)F. The van der Waals surface area contributed by atoms with Crippen molar-refractivity contribution >= 4 is 16.0 Å². The number of carboxylic acids is 1. The van der Waals surface area contributed by atoms with Crippen molar-refractivity contribution in [1.82, 2.24) is 5.32 Å². The van der Waals surface area contributed by atoms with E-state index < -0.39 is 38.7 Å². The minimum atomic E-state index is -5.08. The van der Waals surface area contributed by atoms with Gasteiger partial charge in [-0.3, -0.25) is 0 Å². The van der Waals surface area contributed by atoms with E-state index in [1.165, 1.54) is 6.92 Å². The predicted molar refractivity (Wildman–Crippen MR) is 81.0 cm³/mol. The highest BCUT2D eigenvalue weighted by Crippen LogP contribution is 2.32. The van der Waals surface area contributed by atoms with Gasteiger partial charge in [0.25, 0.3) is 0 Å². The van der Waals surface area contributed by atoms with Crippen LogP contribution in [0.2, 0.25) is 0 Å². The second-order valence-electron chi connectivity index (χ2n) is 5.59. The van der Waals surface area contributed by atoms with Gasteiger partial charge in [0, 0.05) is 0 Å². The Morgan fingerprint density at radius 1 is 1.27 bits per heavy atom. The van der Waals surface area contributed by atoms with Gasteiger partial charge < -0.3 is 10.4 Å². The topological polar surface area (TPSA) is 109 Å². The maximum absolute atomic E-state index is 14.1. The van der Waals surface area contributed by atoms with Crippen LogP contribution in [-0.4, -0.2) is 38.8 Å². The molecular formula is C14H17F5N2O4S. The van der Waals surface area contributed by atoms with Crippen molar-refractivity contribution < 1.29 is 40.3 Å². The van der Waals surface area contributed by atoms with Crippen LogP contribution in [0.5, 0.6) is 0 Å². The molecule has 0 saturated carbocycles. The van der Waals surface area contributed by atoms with Gasteiger partial charge in [0.2, 0.25) is 10.0 Å². The lowest BCUT2D eigenvalue weighted by molar-refractivity contribution is -0.192. The number of carbonyl (C=O) groups is 1. The van der Waals surface area contributed by atoms with E-state index in [-0.39, 0.29) is 11.5 Å². The maximum Gasteiger partial charge on any atom is 0.490 e. The zero-order chi connectivity index (χ0) is 20.3. The third kappa shape index (κ3) is 5.61. The molecule has 148 valence electrons. The lowest BCUT2D eigenvalue weighted by atomic mass is 9.87. The van der Waals surface area contributed by atoms with Crippen LogP contribution >= 0.6 is 0 Å². The van der Waals surface area contributed by atoms with Crippen LogP contribution < -0.4 is 10.5 Å². The number of halogens is 5. The standard InChI is InChI=1S/C12H16F2N2O2S.C2HF3O2/c1-7-9(8-2-4-16-5-3-8)6-10(13)12(11(7)14)19(15,17)18;3-2(4,5)1(6)7/h6,8,16H,2-5H2,1H3,(H2,15,17,18);(H,6,7). The Morgan fingerprint density at radius 3 is 2.12 bits per heavy atom. The molecule has 1 heterocycles. The second kappa shape index (κ2) is 8.27. The molecule has 1 aliphatic rings. The molecule has 0 bridgehead atoms. The van der Waals surface area contributed by atoms with E-state index in [1.807, 2.05) is 0 Å². The monoisotopic (exact) mass is 404 g/mol. The Hall–Kier alpha value is -1.79. The highest BCUT2D eigenvalue weighted by Gasteiger charge is 2.38. The van der Waals surface area contributed by atoms with Crippen LogP contribution in [0, 0.1) is 18.6 Å². The Morgan fingerprint density at radius 2 is 1.73 bits per heavy atom. The number of rotatable bonds is 2. The van der Waals surface area contributed by atoms with E-state index >= 15 is 0 Å². The zero-order valence-electron chi connectivity index (χ0n) is 13.5. The smallest absolute Gasteiger partial charge is 0.475 e. The molecule has 26 heavy (non-hydrogen) atoms. The molecule has 2 rings (SSSR count). The van der Waals surface area contributed by atoms with Crippen molar-refractivity contribution in [2.45, 2.75) is 36.8 Å². The molecule has 0 aliphatic carbocycles. The van der Waals surface area contributed by atoms with Gasteiger partial charge in [0.05, 0.1) is 0 Å². The van der Waals surface area contributed by atoms with Crippen LogP contribution in [0.15, 0.2) is 11.0 Å². The molecular weight excluding hydrogens is 387 g/mol. The molecule has 6 nitrogen and oxygen atoms in total. The molecule has 0 amide bonds. The first-order valence-corrected chi connectivity index (χ1v) is 8.83. The quantitative estimate of drug-likeness (QED) is 0.654. The third-order valence-electron chi connectivity index (χ3n) is 3.77. The van der Waals surface area contributed by atoms with Crippen molar-refractivity contribution in [2.75, 3.05) is 13.1 Å². The number of hydrogen-bond donors (Lipinski definition) is 3. The molecule has 0 aromatic heterocycles. The summed E-state index contributed by atoms with van der Waals surface area (Å²) in [6, 6.07) is 1.11. The summed E-state index contributed by atoms with van der Waals surface area (Å²) in [5.74, 6) is -4.90. The van der Waals surface area contributed by atoms with Crippen LogP contribution in [-0.2, 0) is 14.8 Å². The average Bonchev–Trinajstić information content (AvgIpc) is 2.50. The number of hydrogen-bond acceptors (Lipinski definition) is 4. The largest absolute Gasteiger partial charge is 0.490 e. The normalized spacial score (nSPS) is 16.0. The Labute approximate surface area is 146 Å². The van der Waals surface area contributed by atoms with E-state index in [9.17, 15) is 30.4 Å². The number of benzene rings is 1. The van der Waals surface area contributed by atoms with Crippen molar-refractivity contribution in [3.05, 3.63) is 28.8 Å². The van der Waals surface area contributed by atoms with Gasteiger partial charge in [-0.25, -0.2) is 27.1 Å². The molecule has 12 heteroatoms. The Kier molecular flexibility index (Phi) is 7.08. The van der Waals surface area contributed by atoms with Gasteiger partial charge in [-0.05, 0) is 56.0 Å². The fourth-order valence-corrected chi connectivity index (χ4v) is 3.26. The maximum atomic E-state index is 14.1. The number of nitrogens with one attached hydrogen (secondary N) is 1.